The third-order valence-electron chi connectivity index (χ3n) is 5.37. The number of anilines is 3. The average molecular weight is 450 g/mol. The van der Waals surface area contributed by atoms with E-state index in [0.717, 1.165) is 28.1 Å². The fourth-order valence-corrected chi connectivity index (χ4v) is 3.74. The minimum atomic E-state index is -0.0536. The smallest absolute Gasteiger partial charge is 0.247 e. The number of para-hydroxylation sites is 2. The Morgan fingerprint density at radius 2 is 1.74 bits per heavy atom. The maximum Gasteiger partial charge on any atom is 0.247 e. The molecule has 2 aromatic heterocycles. The van der Waals surface area contributed by atoms with Gasteiger partial charge in [0.25, 0.3) is 0 Å². The van der Waals surface area contributed by atoms with Crippen molar-refractivity contribution in [1.29, 1.82) is 0 Å². The highest BCUT2D eigenvalue weighted by molar-refractivity contribution is 5.93. The molecule has 0 saturated carbocycles. The van der Waals surface area contributed by atoms with Crippen LogP contribution < -0.4 is 15.4 Å². The lowest BCUT2D eigenvalue weighted by molar-refractivity contribution is -0.115. The number of carbonyl (C=O) groups is 1. The maximum atomic E-state index is 12.5. The summed E-state index contributed by atoms with van der Waals surface area (Å²) in [7, 11) is 1.63. The van der Waals surface area contributed by atoms with Crippen molar-refractivity contribution in [3.8, 4) is 16.9 Å². The average Bonchev–Trinajstić information content (AvgIpc) is 3.26. The van der Waals surface area contributed by atoms with E-state index in [0.29, 0.717) is 23.8 Å². The van der Waals surface area contributed by atoms with Crippen LogP contribution in [0.1, 0.15) is 5.56 Å². The minimum Gasteiger partial charge on any atom is -0.495 e. The molecule has 5 aromatic rings. The van der Waals surface area contributed by atoms with Crippen molar-refractivity contribution in [2.75, 3.05) is 17.7 Å². The van der Waals surface area contributed by atoms with Gasteiger partial charge in [0.05, 0.1) is 19.2 Å². The lowest BCUT2D eigenvalue weighted by atomic mass is 10.1. The van der Waals surface area contributed by atoms with Gasteiger partial charge < -0.3 is 15.4 Å². The first-order chi connectivity index (χ1) is 16.7. The highest BCUT2D eigenvalue weighted by Gasteiger charge is 2.10. The fourth-order valence-electron chi connectivity index (χ4n) is 3.74. The third-order valence-corrected chi connectivity index (χ3v) is 5.37. The standard InChI is InChI=1S/C27H23N5O2/c1-34-24-13-6-5-12-23(24)29-27-30-25-15-14-21(18-32(25)31-27)20-10-7-11-22(17-20)28-26(33)16-19-8-3-2-4-9-19/h2-15,17-18H,16H2,1H3,(H,28,33)(H,29,31). The number of fused-ring (bicyclic) bond motifs is 1. The number of aromatic nitrogens is 3. The first kappa shape index (κ1) is 21.2. The van der Waals surface area contributed by atoms with Gasteiger partial charge in [-0.2, -0.15) is 4.98 Å². The van der Waals surface area contributed by atoms with Crippen LogP contribution in [0.15, 0.2) is 97.2 Å². The van der Waals surface area contributed by atoms with Crippen molar-refractivity contribution in [2.24, 2.45) is 0 Å². The summed E-state index contributed by atoms with van der Waals surface area (Å²) in [4.78, 5) is 17.0. The Hall–Kier alpha value is -4.65. The van der Waals surface area contributed by atoms with Crippen LogP contribution in [0.5, 0.6) is 5.75 Å². The van der Waals surface area contributed by atoms with Crippen LogP contribution in [0.4, 0.5) is 17.3 Å². The van der Waals surface area contributed by atoms with E-state index in [-0.39, 0.29) is 5.91 Å². The molecule has 0 saturated heterocycles. The zero-order valence-corrected chi connectivity index (χ0v) is 18.6. The van der Waals surface area contributed by atoms with Crippen LogP contribution in [-0.4, -0.2) is 27.6 Å². The fraction of sp³-hybridized carbons (Fsp3) is 0.0741. The van der Waals surface area contributed by atoms with Crippen LogP contribution >= 0.6 is 0 Å². The molecule has 0 bridgehead atoms. The number of nitrogens with zero attached hydrogens (tertiary/aromatic N) is 3. The second-order valence-electron chi connectivity index (χ2n) is 7.77. The number of hydrogen-bond donors (Lipinski definition) is 2. The molecule has 0 unspecified atom stereocenters. The van der Waals surface area contributed by atoms with Crippen LogP contribution in [0.25, 0.3) is 16.8 Å². The van der Waals surface area contributed by atoms with E-state index in [1.807, 2.05) is 97.2 Å². The Morgan fingerprint density at radius 3 is 2.59 bits per heavy atom. The predicted octanol–water partition coefficient (Wildman–Crippen LogP) is 5.33. The van der Waals surface area contributed by atoms with Gasteiger partial charge in [-0.3, -0.25) is 4.79 Å². The molecule has 0 radical (unpaired) electrons. The summed E-state index contributed by atoms with van der Waals surface area (Å²) in [5, 5.41) is 10.7. The quantitative estimate of drug-likeness (QED) is 0.351. The summed E-state index contributed by atoms with van der Waals surface area (Å²) in [6.07, 6.45) is 2.25. The monoisotopic (exact) mass is 449 g/mol. The highest BCUT2D eigenvalue weighted by Crippen LogP contribution is 2.27. The van der Waals surface area contributed by atoms with Gasteiger partial charge in [0.2, 0.25) is 11.9 Å². The van der Waals surface area contributed by atoms with Crippen LogP contribution in [-0.2, 0) is 11.2 Å². The number of pyridine rings is 1. The lowest BCUT2D eigenvalue weighted by Gasteiger charge is -2.08. The van der Waals surface area contributed by atoms with E-state index < -0.39 is 0 Å². The number of nitrogens with one attached hydrogen (secondary N) is 2. The van der Waals surface area contributed by atoms with Gasteiger partial charge in [0, 0.05) is 17.4 Å². The molecule has 2 N–H and O–H groups in total. The van der Waals surface area contributed by atoms with E-state index in [1.54, 1.807) is 11.6 Å². The number of carbonyl (C=O) groups excluding carboxylic acids is 1. The van der Waals surface area contributed by atoms with Gasteiger partial charge in [0.1, 0.15) is 5.75 Å². The highest BCUT2D eigenvalue weighted by atomic mass is 16.5. The molecule has 0 aliphatic carbocycles. The number of methoxy groups -OCH3 is 1. The summed E-state index contributed by atoms with van der Waals surface area (Å²) in [6.45, 7) is 0. The van der Waals surface area contributed by atoms with Gasteiger partial charge in [-0.15, -0.1) is 5.10 Å². The molecule has 0 atom stereocenters. The molecule has 1 amide bonds. The van der Waals surface area contributed by atoms with E-state index in [2.05, 4.69) is 20.7 Å². The largest absolute Gasteiger partial charge is 0.495 e. The first-order valence-electron chi connectivity index (χ1n) is 10.9. The molecule has 3 aromatic carbocycles. The molecule has 168 valence electrons. The number of rotatable bonds is 7. The van der Waals surface area contributed by atoms with E-state index in [9.17, 15) is 4.79 Å². The zero-order valence-electron chi connectivity index (χ0n) is 18.6. The topological polar surface area (TPSA) is 80.5 Å². The Labute approximate surface area is 197 Å². The molecular weight excluding hydrogens is 426 g/mol. The number of ether oxygens (including phenoxy) is 1. The molecule has 0 spiro atoms. The van der Waals surface area contributed by atoms with Crippen molar-refractivity contribution >= 4 is 28.9 Å². The van der Waals surface area contributed by atoms with Gasteiger partial charge in [0.15, 0.2) is 5.65 Å². The molecular formula is C27H23N5O2. The molecule has 34 heavy (non-hydrogen) atoms. The second-order valence-corrected chi connectivity index (χ2v) is 7.77. The normalized spacial score (nSPS) is 10.7. The van der Waals surface area contributed by atoms with E-state index >= 15 is 0 Å². The SMILES string of the molecule is COc1ccccc1Nc1nc2ccc(-c3cccc(NC(=O)Cc4ccccc4)c3)cn2n1. The molecule has 7 nitrogen and oxygen atoms in total. The van der Waals surface area contributed by atoms with Crippen LogP contribution in [0.3, 0.4) is 0 Å². The van der Waals surface area contributed by atoms with Crippen molar-refractivity contribution in [1.82, 2.24) is 14.6 Å². The van der Waals surface area contributed by atoms with Gasteiger partial charge in [-0.1, -0.05) is 54.6 Å². The molecule has 0 aliphatic rings. The number of amides is 1. The Bertz CT molecular complexity index is 1450. The summed E-state index contributed by atoms with van der Waals surface area (Å²) in [5.41, 5.74) is 5.16. The number of hydrogen-bond acceptors (Lipinski definition) is 5. The van der Waals surface area contributed by atoms with Crippen LogP contribution in [0.2, 0.25) is 0 Å². The first-order valence-corrected chi connectivity index (χ1v) is 10.9. The molecule has 2 heterocycles. The maximum absolute atomic E-state index is 12.5. The third kappa shape index (κ3) is 4.73. The summed E-state index contributed by atoms with van der Waals surface area (Å²) >= 11 is 0. The lowest BCUT2D eigenvalue weighted by Crippen LogP contribution is -2.14. The number of benzene rings is 3. The van der Waals surface area contributed by atoms with Gasteiger partial charge in [-0.25, -0.2) is 4.52 Å². The molecule has 0 fully saturated rings. The van der Waals surface area contributed by atoms with E-state index in [4.69, 9.17) is 4.74 Å². The summed E-state index contributed by atoms with van der Waals surface area (Å²) in [5.74, 6) is 1.14. The molecule has 5 rings (SSSR count). The summed E-state index contributed by atoms with van der Waals surface area (Å²) < 4.78 is 7.12. The van der Waals surface area contributed by atoms with Gasteiger partial charge in [-0.05, 0) is 47.5 Å². The van der Waals surface area contributed by atoms with Crippen molar-refractivity contribution in [2.45, 2.75) is 6.42 Å². The zero-order chi connectivity index (χ0) is 23.3. The minimum absolute atomic E-state index is 0.0536. The molecule has 0 aliphatic heterocycles. The van der Waals surface area contributed by atoms with Crippen molar-refractivity contribution in [3.63, 3.8) is 0 Å². The van der Waals surface area contributed by atoms with Gasteiger partial charge >= 0.3 is 0 Å². The molecule has 7 heteroatoms. The summed E-state index contributed by atoms with van der Waals surface area (Å²) in [6, 6.07) is 29.0. The van der Waals surface area contributed by atoms with Crippen LogP contribution in [0, 0.1) is 0 Å². The predicted molar refractivity (Wildman–Crippen MR) is 133 cm³/mol. The Balaban J connectivity index is 1.34. The Kier molecular flexibility index (Phi) is 5.90. The van der Waals surface area contributed by atoms with Crippen molar-refractivity contribution in [3.05, 3.63) is 103 Å². The van der Waals surface area contributed by atoms with E-state index in [1.165, 1.54) is 0 Å². The van der Waals surface area contributed by atoms with Crippen molar-refractivity contribution < 1.29 is 9.53 Å². The second kappa shape index (κ2) is 9.46. The Morgan fingerprint density at radius 1 is 0.912 bits per heavy atom.